The second kappa shape index (κ2) is 5.40. The zero-order chi connectivity index (χ0) is 13.1. The number of rotatable bonds is 3. The minimum absolute atomic E-state index is 0.0693. The van der Waals surface area contributed by atoms with Crippen LogP contribution in [0.1, 0.15) is 11.5 Å². The molecule has 2 rings (SSSR count). The Kier molecular flexibility index (Phi) is 3.87. The average Bonchev–Trinajstić information content (AvgIpc) is 2.87. The third-order valence-electron chi connectivity index (χ3n) is 3.56. The van der Waals surface area contributed by atoms with Gasteiger partial charge < -0.3 is 15.0 Å². The molecule has 0 saturated carbocycles. The molecule has 1 aromatic rings. The SMILES string of the molecule is COC(=O)[C@H]1CNC[C@@H]1c1ccc(N(C)C)cc1. The summed E-state index contributed by atoms with van der Waals surface area (Å²) >= 11 is 0. The summed E-state index contributed by atoms with van der Waals surface area (Å²) < 4.78 is 4.86. The molecule has 18 heavy (non-hydrogen) atoms. The standard InChI is InChI=1S/C14H20N2O2/c1-16(2)11-6-4-10(5-7-11)12-8-15-9-13(12)14(17)18-3/h4-7,12-13,15H,8-9H2,1-3H3/t12-,13+/m1/s1. The summed E-state index contributed by atoms with van der Waals surface area (Å²) in [5.41, 5.74) is 2.36. The molecule has 0 aromatic heterocycles. The molecule has 1 aliphatic heterocycles. The Bertz CT molecular complexity index is 414. The number of nitrogens with zero attached hydrogens (tertiary/aromatic N) is 1. The van der Waals surface area contributed by atoms with Crippen molar-refractivity contribution in [3.63, 3.8) is 0 Å². The fourth-order valence-electron chi connectivity index (χ4n) is 2.45. The van der Waals surface area contributed by atoms with E-state index in [4.69, 9.17) is 4.74 Å². The fraction of sp³-hybridized carbons (Fsp3) is 0.500. The van der Waals surface area contributed by atoms with Crippen LogP contribution in [0.15, 0.2) is 24.3 Å². The molecule has 1 fully saturated rings. The monoisotopic (exact) mass is 248 g/mol. The highest BCUT2D eigenvalue weighted by molar-refractivity contribution is 5.74. The van der Waals surface area contributed by atoms with Crippen LogP contribution < -0.4 is 10.2 Å². The zero-order valence-electron chi connectivity index (χ0n) is 11.1. The number of nitrogens with one attached hydrogen (secondary N) is 1. The van der Waals surface area contributed by atoms with Crippen LogP contribution in [0.5, 0.6) is 0 Å². The first-order valence-electron chi connectivity index (χ1n) is 6.19. The van der Waals surface area contributed by atoms with E-state index in [2.05, 4.69) is 34.5 Å². The van der Waals surface area contributed by atoms with Gasteiger partial charge >= 0.3 is 5.97 Å². The zero-order valence-corrected chi connectivity index (χ0v) is 11.1. The second-order valence-electron chi connectivity index (χ2n) is 4.88. The molecule has 4 nitrogen and oxygen atoms in total. The van der Waals surface area contributed by atoms with Gasteiger partial charge in [0.2, 0.25) is 0 Å². The lowest BCUT2D eigenvalue weighted by molar-refractivity contribution is -0.145. The van der Waals surface area contributed by atoms with Crippen molar-refractivity contribution < 1.29 is 9.53 Å². The lowest BCUT2D eigenvalue weighted by atomic mass is 9.89. The summed E-state index contributed by atoms with van der Waals surface area (Å²) in [6.45, 7) is 1.54. The van der Waals surface area contributed by atoms with Crippen molar-refractivity contribution in [2.24, 2.45) is 5.92 Å². The van der Waals surface area contributed by atoms with Gasteiger partial charge in [-0.15, -0.1) is 0 Å². The number of hydrogen-bond acceptors (Lipinski definition) is 4. The first-order valence-corrected chi connectivity index (χ1v) is 6.19. The van der Waals surface area contributed by atoms with Crippen LogP contribution in [-0.2, 0) is 9.53 Å². The lowest BCUT2D eigenvalue weighted by Crippen LogP contribution is -2.23. The number of methoxy groups -OCH3 is 1. The molecule has 1 aromatic carbocycles. The summed E-state index contributed by atoms with van der Waals surface area (Å²) in [4.78, 5) is 13.8. The molecule has 0 unspecified atom stereocenters. The Hall–Kier alpha value is -1.55. The first-order chi connectivity index (χ1) is 8.63. The Morgan fingerprint density at radius 2 is 1.94 bits per heavy atom. The molecule has 2 atom stereocenters. The molecule has 98 valence electrons. The van der Waals surface area contributed by atoms with Gasteiger partial charge in [0.15, 0.2) is 0 Å². The van der Waals surface area contributed by atoms with Gasteiger partial charge in [-0.05, 0) is 17.7 Å². The predicted octanol–water partition coefficient (Wildman–Crippen LogP) is 1.23. The number of carbonyl (C=O) groups is 1. The van der Waals surface area contributed by atoms with E-state index in [0.717, 1.165) is 6.54 Å². The number of hydrogen-bond donors (Lipinski definition) is 1. The topological polar surface area (TPSA) is 41.6 Å². The maximum absolute atomic E-state index is 11.7. The summed E-state index contributed by atoms with van der Waals surface area (Å²) in [5, 5.41) is 3.26. The van der Waals surface area contributed by atoms with E-state index in [1.807, 2.05) is 14.1 Å². The van der Waals surface area contributed by atoms with Crippen LogP contribution >= 0.6 is 0 Å². The average molecular weight is 248 g/mol. The number of ether oxygens (including phenoxy) is 1. The molecule has 1 saturated heterocycles. The van der Waals surface area contributed by atoms with Crippen LogP contribution in [-0.4, -0.2) is 40.3 Å². The van der Waals surface area contributed by atoms with Crippen molar-refractivity contribution in [1.82, 2.24) is 5.32 Å². The Morgan fingerprint density at radius 3 is 2.50 bits per heavy atom. The largest absolute Gasteiger partial charge is 0.469 e. The van der Waals surface area contributed by atoms with Gasteiger partial charge in [0, 0.05) is 38.8 Å². The van der Waals surface area contributed by atoms with E-state index < -0.39 is 0 Å². The molecule has 0 aliphatic carbocycles. The van der Waals surface area contributed by atoms with Crippen molar-refractivity contribution in [2.75, 3.05) is 39.2 Å². The number of esters is 1. The van der Waals surface area contributed by atoms with E-state index in [0.29, 0.717) is 6.54 Å². The molecule has 0 spiro atoms. The van der Waals surface area contributed by atoms with Crippen LogP contribution in [0.4, 0.5) is 5.69 Å². The molecular weight excluding hydrogens is 228 g/mol. The molecular formula is C14H20N2O2. The normalized spacial score (nSPS) is 22.8. The summed E-state index contributed by atoms with van der Waals surface area (Å²) in [5.74, 6) is 0.0237. The highest BCUT2D eigenvalue weighted by atomic mass is 16.5. The summed E-state index contributed by atoms with van der Waals surface area (Å²) in [7, 11) is 5.49. The molecule has 0 radical (unpaired) electrons. The van der Waals surface area contributed by atoms with Crippen LogP contribution in [0.2, 0.25) is 0 Å². The molecule has 0 amide bonds. The highest BCUT2D eigenvalue weighted by Gasteiger charge is 2.34. The van der Waals surface area contributed by atoms with Gasteiger partial charge in [0.05, 0.1) is 13.0 Å². The third-order valence-corrected chi connectivity index (χ3v) is 3.56. The minimum atomic E-state index is -0.123. The smallest absolute Gasteiger partial charge is 0.310 e. The van der Waals surface area contributed by atoms with Crippen LogP contribution in [0, 0.1) is 5.92 Å². The Labute approximate surface area is 108 Å². The Balaban J connectivity index is 2.17. The van der Waals surface area contributed by atoms with Gasteiger partial charge in [0.1, 0.15) is 0 Å². The molecule has 1 N–H and O–H groups in total. The maximum Gasteiger partial charge on any atom is 0.310 e. The van der Waals surface area contributed by atoms with Crippen molar-refractivity contribution in [1.29, 1.82) is 0 Å². The molecule has 0 bridgehead atoms. The van der Waals surface area contributed by atoms with Gasteiger partial charge in [-0.2, -0.15) is 0 Å². The minimum Gasteiger partial charge on any atom is -0.469 e. The van der Waals surface area contributed by atoms with Crippen molar-refractivity contribution in [2.45, 2.75) is 5.92 Å². The third kappa shape index (κ3) is 2.48. The van der Waals surface area contributed by atoms with Crippen LogP contribution in [0.25, 0.3) is 0 Å². The highest BCUT2D eigenvalue weighted by Crippen LogP contribution is 2.30. The van der Waals surface area contributed by atoms with E-state index >= 15 is 0 Å². The molecule has 4 heteroatoms. The van der Waals surface area contributed by atoms with Crippen LogP contribution in [0.3, 0.4) is 0 Å². The molecule has 1 aliphatic rings. The van der Waals surface area contributed by atoms with E-state index in [1.54, 1.807) is 0 Å². The Morgan fingerprint density at radius 1 is 1.28 bits per heavy atom. The number of anilines is 1. The van der Waals surface area contributed by atoms with Crippen molar-refractivity contribution in [3.8, 4) is 0 Å². The van der Waals surface area contributed by atoms with Gasteiger partial charge in [0.25, 0.3) is 0 Å². The van der Waals surface area contributed by atoms with Gasteiger partial charge in [-0.3, -0.25) is 4.79 Å². The quantitative estimate of drug-likeness (QED) is 0.817. The van der Waals surface area contributed by atoms with E-state index in [9.17, 15) is 4.79 Å². The second-order valence-corrected chi connectivity index (χ2v) is 4.88. The summed E-state index contributed by atoms with van der Waals surface area (Å²) in [6.07, 6.45) is 0. The summed E-state index contributed by atoms with van der Waals surface area (Å²) in [6, 6.07) is 8.37. The maximum atomic E-state index is 11.7. The van der Waals surface area contributed by atoms with E-state index in [1.165, 1.54) is 18.4 Å². The lowest BCUT2D eigenvalue weighted by Gasteiger charge is -2.18. The van der Waals surface area contributed by atoms with E-state index in [-0.39, 0.29) is 17.8 Å². The predicted molar refractivity (Wildman–Crippen MR) is 71.9 cm³/mol. The van der Waals surface area contributed by atoms with Gasteiger partial charge in [-0.25, -0.2) is 0 Å². The molecule has 1 heterocycles. The fourth-order valence-corrected chi connectivity index (χ4v) is 2.45. The number of benzene rings is 1. The van der Waals surface area contributed by atoms with Crippen molar-refractivity contribution in [3.05, 3.63) is 29.8 Å². The number of carbonyl (C=O) groups excluding carboxylic acids is 1. The van der Waals surface area contributed by atoms with Gasteiger partial charge in [-0.1, -0.05) is 12.1 Å². The van der Waals surface area contributed by atoms with Crippen molar-refractivity contribution >= 4 is 11.7 Å². The first kappa shape index (κ1) is 12.9.